The molecule has 0 radical (unpaired) electrons. The lowest BCUT2D eigenvalue weighted by molar-refractivity contribution is -0.142. The molecular formula is C24H25FO6. The summed E-state index contributed by atoms with van der Waals surface area (Å²) in [4.78, 5) is 22.5. The van der Waals surface area contributed by atoms with Gasteiger partial charge in [-0.05, 0) is 48.4 Å². The van der Waals surface area contributed by atoms with Gasteiger partial charge in [0.2, 0.25) is 6.29 Å². The van der Waals surface area contributed by atoms with Crippen LogP contribution >= 0.6 is 0 Å². The van der Waals surface area contributed by atoms with Crippen LogP contribution in [-0.2, 0) is 25.5 Å². The van der Waals surface area contributed by atoms with Gasteiger partial charge in [0.25, 0.3) is 0 Å². The Morgan fingerprint density at radius 2 is 2.00 bits per heavy atom. The van der Waals surface area contributed by atoms with E-state index in [1.54, 1.807) is 37.3 Å². The predicted octanol–water partition coefficient (Wildman–Crippen LogP) is 3.53. The Morgan fingerprint density at radius 1 is 1.29 bits per heavy atom. The molecule has 0 amide bonds. The number of hydrogen-bond donors (Lipinski definition) is 1. The van der Waals surface area contributed by atoms with Gasteiger partial charge in [-0.15, -0.1) is 0 Å². The third-order valence-electron chi connectivity index (χ3n) is 4.17. The van der Waals surface area contributed by atoms with Gasteiger partial charge in [-0.1, -0.05) is 37.4 Å². The molecular weight excluding hydrogens is 403 g/mol. The predicted molar refractivity (Wildman–Crippen MR) is 114 cm³/mol. The third kappa shape index (κ3) is 8.06. The first-order valence-corrected chi connectivity index (χ1v) is 9.60. The van der Waals surface area contributed by atoms with Gasteiger partial charge in [0, 0.05) is 18.1 Å². The van der Waals surface area contributed by atoms with Gasteiger partial charge >= 0.3 is 11.9 Å². The fourth-order valence-corrected chi connectivity index (χ4v) is 2.54. The first-order chi connectivity index (χ1) is 14.8. The lowest BCUT2D eigenvalue weighted by atomic mass is 10.0. The van der Waals surface area contributed by atoms with Gasteiger partial charge < -0.3 is 19.3 Å². The molecule has 1 aliphatic rings. The zero-order valence-electron chi connectivity index (χ0n) is 17.2. The number of benzene rings is 1. The maximum absolute atomic E-state index is 14.1. The molecule has 1 aromatic carbocycles. The van der Waals surface area contributed by atoms with Gasteiger partial charge in [-0.2, -0.15) is 0 Å². The third-order valence-corrected chi connectivity index (χ3v) is 4.17. The molecule has 2 rings (SSSR count). The number of aliphatic hydroxyl groups excluding tert-OH is 1. The molecule has 1 N–H and O–H groups in total. The summed E-state index contributed by atoms with van der Waals surface area (Å²) in [5, 5.41) is 10.0. The van der Waals surface area contributed by atoms with E-state index < -0.39 is 30.5 Å². The molecule has 1 aliphatic carbocycles. The van der Waals surface area contributed by atoms with Crippen LogP contribution in [0.25, 0.3) is 0 Å². The number of rotatable bonds is 10. The molecule has 0 heterocycles. The Kier molecular flexibility index (Phi) is 8.96. The van der Waals surface area contributed by atoms with E-state index in [2.05, 4.69) is 13.2 Å². The summed E-state index contributed by atoms with van der Waals surface area (Å²) < 4.78 is 29.4. The average molecular weight is 428 g/mol. The summed E-state index contributed by atoms with van der Waals surface area (Å²) in [5.74, 6) is -0.689. The van der Waals surface area contributed by atoms with Crippen LogP contribution in [0, 0.1) is 0 Å². The van der Waals surface area contributed by atoms with Crippen LogP contribution in [-0.4, -0.2) is 42.2 Å². The first-order valence-electron chi connectivity index (χ1n) is 9.60. The molecule has 0 fully saturated rings. The SMILES string of the molecule is C=CC(=O)OC1C=CC(/C=C/C(O)Oc2ccc(CCOC(=O)C(=C)C)cc2)=CC1F. The van der Waals surface area contributed by atoms with E-state index >= 15 is 0 Å². The fourth-order valence-electron chi connectivity index (χ4n) is 2.54. The first kappa shape index (κ1) is 23.8. The van der Waals surface area contributed by atoms with Crippen LogP contribution in [0.2, 0.25) is 0 Å². The number of hydrogen-bond acceptors (Lipinski definition) is 6. The molecule has 3 atom stereocenters. The smallest absolute Gasteiger partial charge is 0.333 e. The van der Waals surface area contributed by atoms with Crippen LogP contribution < -0.4 is 4.74 Å². The summed E-state index contributed by atoms with van der Waals surface area (Å²) in [5.41, 5.74) is 1.79. The second kappa shape index (κ2) is 11.7. The van der Waals surface area contributed by atoms with Crippen LogP contribution in [0.3, 0.4) is 0 Å². The highest BCUT2D eigenvalue weighted by Crippen LogP contribution is 2.19. The Hall–Kier alpha value is -3.45. The van der Waals surface area contributed by atoms with Gasteiger partial charge in [0.05, 0.1) is 6.61 Å². The van der Waals surface area contributed by atoms with Crippen molar-refractivity contribution in [3.8, 4) is 5.75 Å². The van der Waals surface area contributed by atoms with Crippen molar-refractivity contribution < 1.29 is 33.3 Å². The van der Waals surface area contributed by atoms with E-state index in [0.29, 0.717) is 23.3 Å². The van der Waals surface area contributed by atoms with Crippen molar-refractivity contribution in [2.45, 2.75) is 31.9 Å². The minimum atomic E-state index is -1.51. The van der Waals surface area contributed by atoms with Crippen molar-refractivity contribution >= 4 is 11.9 Å². The van der Waals surface area contributed by atoms with Crippen LogP contribution in [0.5, 0.6) is 5.75 Å². The summed E-state index contributed by atoms with van der Waals surface area (Å²) in [6.45, 7) is 8.61. The lowest BCUT2D eigenvalue weighted by Gasteiger charge is -2.19. The number of ether oxygens (including phenoxy) is 3. The second-order valence-corrected chi connectivity index (χ2v) is 6.75. The molecule has 6 nitrogen and oxygen atoms in total. The molecule has 0 saturated carbocycles. The minimum Gasteiger partial charge on any atom is -0.462 e. The summed E-state index contributed by atoms with van der Waals surface area (Å²) in [6.07, 6.45) is 4.90. The molecule has 164 valence electrons. The molecule has 3 unspecified atom stereocenters. The highest BCUT2D eigenvalue weighted by Gasteiger charge is 2.22. The van der Waals surface area contributed by atoms with Crippen molar-refractivity contribution in [2.24, 2.45) is 0 Å². The minimum absolute atomic E-state index is 0.239. The number of esters is 2. The van der Waals surface area contributed by atoms with Crippen molar-refractivity contribution in [2.75, 3.05) is 6.61 Å². The zero-order valence-corrected chi connectivity index (χ0v) is 17.2. The van der Waals surface area contributed by atoms with E-state index in [0.717, 1.165) is 11.6 Å². The van der Waals surface area contributed by atoms with Gasteiger partial charge in [-0.3, -0.25) is 0 Å². The number of aliphatic hydroxyl groups is 1. The van der Waals surface area contributed by atoms with E-state index in [1.165, 1.54) is 24.3 Å². The van der Waals surface area contributed by atoms with Crippen molar-refractivity contribution in [3.05, 3.63) is 90.6 Å². The normalized spacial score (nSPS) is 18.7. The Balaban J connectivity index is 1.81. The van der Waals surface area contributed by atoms with Gasteiger partial charge in [0.15, 0.2) is 12.3 Å². The number of allylic oxidation sites excluding steroid dienone is 3. The quantitative estimate of drug-likeness (QED) is 0.349. The van der Waals surface area contributed by atoms with Crippen molar-refractivity contribution in [1.82, 2.24) is 0 Å². The highest BCUT2D eigenvalue weighted by atomic mass is 19.1. The molecule has 1 aromatic rings. The molecule has 0 saturated heterocycles. The highest BCUT2D eigenvalue weighted by molar-refractivity contribution is 5.86. The molecule has 7 heteroatoms. The summed E-state index contributed by atoms with van der Waals surface area (Å²) in [6, 6.07) is 6.96. The maximum Gasteiger partial charge on any atom is 0.333 e. The van der Waals surface area contributed by atoms with Crippen LogP contribution in [0.1, 0.15) is 12.5 Å². The van der Waals surface area contributed by atoms with Crippen LogP contribution in [0.4, 0.5) is 4.39 Å². The largest absolute Gasteiger partial charge is 0.462 e. The van der Waals surface area contributed by atoms with E-state index in [9.17, 15) is 19.1 Å². The lowest BCUT2D eigenvalue weighted by Crippen LogP contribution is -2.26. The average Bonchev–Trinajstić information content (AvgIpc) is 2.75. The summed E-state index contributed by atoms with van der Waals surface area (Å²) >= 11 is 0. The number of halogens is 1. The molecule has 0 aromatic heterocycles. The van der Waals surface area contributed by atoms with Crippen LogP contribution in [0.15, 0.2) is 85.0 Å². The van der Waals surface area contributed by atoms with E-state index in [1.807, 2.05) is 0 Å². The Bertz CT molecular complexity index is 897. The van der Waals surface area contributed by atoms with Crippen molar-refractivity contribution in [1.29, 1.82) is 0 Å². The van der Waals surface area contributed by atoms with Gasteiger partial charge in [0.1, 0.15) is 5.75 Å². The molecule has 31 heavy (non-hydrogen) atoms. The van der Waals surface area contributed by atoms with E-state index in [-0.39, 0.29) is 6.61 Å². The molecule has 0 bridgehead atoms. The number of alkyl halides is 1. The standard InChI is InChI=1S/C24H25FO6/c1-4-22(26)31-21-11-7-18(15-20(21)25)8-12-23(27)30-19-9-5-17(6-10-19)13-14-29-24(28)16(2)3/h4-12,15,20-21,23,27H,1-2,13-14H2,3H3/b12-8+. The van der Waals surface area contributed by atoms with Crippen molar-refractivity contribution in [3.63, 3.8) is 0 Å². The Morgan fingerprint density at radius 3 is 2.61 bits per heavy atom. The van der Waals surface area contributed by atoms with E-state index in [4.69, 9.17) is 14.2 Å². The zero-order chi connectivity index (χ0) is 22.8. The maximum atomic E-state index is 14.1. The van der Waals surface area contributed by atoms with Gasteiger partial charge in [-0.25, -0.2) is 14.0 Å². The number of carbonyl (C=O) groups is 2. The summed E-state index contributed by atoms with van der Waals surface area (Å²) in [7, 11) is 0. The Labute approximate surface area is 180 Å². The number of carbonyl (C=O) groups excluding carboxylic acids is 2. The monoisotopic (exact) mass is 428 g/mol. The molecule has 0 spiro atoms. The fraction of sp³-hybridized carbons (Fsp3) is 0.250. The molecule has 0 aliphatic heterocycles. The topological polar surface area (TPSA) is 82.1 Å². The second-order valence-electron chi connectivity index (χ2n) is 6.75.